The summed E-state index contributed by atoms with van der Waals surface area (Å²) in [5, 5.41) is 10.1. The minimum absolute atomic E-state index is 0.202. The fourth-order valence-corrected chi connectivity index (χ4v) is 8.66. The van der Waals surface area contributed by atoms with Crippen molar-refractivity contribution in [1.82, 2.24) is 34.5 Å². The molecule has 9 rings (SSSR count). The van der Waals surface area contributed by atoms with E-state index in [0.29, 0.717) is 46.5 Å². The molecule has 4 aromatic heterocycles. The van der Waals surface area contributed by atoms with Crippen LogP contribution in [0.4, 0.5) is 20.3 Å². The lowest BCUT2D eigenvalue weighted by Gasteiger charge is -2.29. The second-order valence-electron chi connectivity index (χ2n) is 12.0. The highest BCUT2D eigenvalue weighted by Crippen LogP contribution is 2.54. The fraction of sp³-hybridized carbons (Fsp3) is 0.560. The fourth-order valence-electron chi connectivity index (χ4n) is 6.65. The predicted molar refractivity (Wildman–Crippen MR) is 165 cm³/mol. The summed E-state index contributed by atoms with van der Waals surface area (Å²) in [5.41, 5.74) is 7.60. The summed E-state index contributed by atoms with van der Waals surface area (Å²) in [6, 6.07) is 1.67. The first-order chi connectivity index (χ1) is 24.1. The van der Waals surface area contributed by atoms with Crippen molar-refractivity contribution in [3.63, 3.8) is 0 Å². The first-order valence-electron chi connectivity index (χ1n) is 15.4. The Kier molecular flexibility index (Phi) is 8.03. The molecule has 260 valence electrons. The van der Waals surface area contributed by atoms with Crippen LogP contribution in [0.3, 0.4) is 0 Å². The molecule has 9 heterocycles. The van der Waals surface area contributed by atoms with E-state index in [1.54, 1.807) is 6.07 Å². The monoisotopic (exact) mass is 733 g/mol. The summed E-state index contributed by atoms with van der Waals surface area (Å²) >= 11 is 0. The third-order valence-corrected chi connectivity index (χ3v) is 10.9. The van der Waals surface area contributed by atoms with Crippen molar-refractivity contribution in [2.45, 2.75) is 62.1 Å². The molecule has 5 aliphatic rings. The van der Waals surface area contributed by atoms with Crippen LogP contribution in [0.2, 0.25) is 0 Å². The van der Waals surface area contributed by atoms with E-state index in [1.807, 2.05) is 0 Å². The maximum absolute atomic E-state index is 16.3. The van der Waals surface area contributed by atoms with Crippen LogP contribution in [-0.2, 0) is 59.2 Å². The third kappa shape index (κ3) is 5.55. The SMILES string of the molecule is [B]P1(=O)OC[C@H]2O[C@@H](n3nc4c5c(ncnc53)NOCC4)C(F)[C@H]2OP([B])(=O)OC[C@H]2O[C@@H](n3nc4c5c(ccnc53)NOCC4)[C@@H](F)C2O1. The Balaban J connectivity index is 1.00. The Hall–Kier alpha value is -3.10. The maximum Gasteiger partial charge on any atom is 0.264 e. The van der Waals surface area contributed by atoms with Gasteiger partial charge in [0.25, 0.3) is 14.9 Å². The number of nitrogens with one attached hydrogen (secondary N) is 2. The maximum atomic E-state index is 16.3. The largest absolute Gasteiger partial charge is 0.345 e. The standard InChI is InChI=1S/C25H25B2F2N9O10P2/c26-49(39)44-8-14-20(18(29)25(46-14)38-23-16-11(34-38)3-6-42-36-21(16)31-9-32-23)48-50(27,40)43-7-13-19(47-49)17(28)24(45-13)37-22-15-10(33-37)2-5-41-35-12(15)1-4-30-22/h1,4,9,13-14,17-20,24-25,35H,2-3,5-8H2,(H,31,32,36)/t13-,14-,17+,18?,19?,20+,24-,25-,49?,50?/m1/s1. The van der Waals surface area contributed by atoms with Gasteiger partial charge >= 0.3 is 0 Å². The van der Waals surface area contributed by atoms with E-state index in [4.69, 9.17) is 52.4 Å². The smallest absolute Gasteiger partial charge is 0.264 e. The Morgan fingerprint density at radius 3 is 1.96 bits per heavy atom. The molecule has 0 bridgehead atoms. The highest BCUT2D eigenvalue weighted by Gasteiger charge is 2.54. The number of halogens is 2. The molecular formula is C25H25B2F2N9O10P2. The lowest BCUT2D eigenvalue weighted by atomic mass is 10.1. The second kappa shape index (κ2) is 12.3. The van der Waals surface area contributed by atoms with Gasteiger partial charge in [-0.3, -0.25) is 24.3 Å². The molecule has 0 spiro atoms. The van der Waals surface area contributed by atoms with Crippen LogP contribution < -0.4 is 11.0 Å². The average Bonchev–Trinajstić information content (AvgIpc) is 3.71. The molecule has 4 unspecified atom stereocenters. The van der Waals surface area contributed by atoms with E-state index in [0.717, 1.165) is 0 Å². The van der Waals surface area contributed by atoms with Crippen molar-refractivity contribution >= 4 is 63.7 Å². The van der Waals surface area contributed by atoms with Crippen LogP contribution in [0.15, 0.2) is 18.6 Å². The Bertz CT molecular complexity index is 1940. The van der Waals surface area contributed by atoms with Gasteiger partial charge in [0.05, 0.1) is 54.3 Å². The summed E-state index contributed by atoms with van der Waals surface area (Å²) in [5.74, 6) is 0.318. The Morgan fingerprint density at radius 1 is 0.780 bits per heavy atom. The topological polar surface area (TPSA) is 206 Å². The van der Waals surface area contributed by atoms with Crippen molar-refractivity contribution in [2.24, 2.45) is 0 Å². The quantitative estimate of drug-likeness (QED) is 0.223. The van der Waals surface area contributed by atoms with Gasteiger partial charge in [-0.25, -0.2) is 38.6 Å². The molecule has 0 aliphatic carbocycles. The Morgan fingerprint density at radius 2 is 1.34 bits per heavy atom. The first-order valence-corrected chi connectivity index (χ1v) is 18.7. The molecule has 0 amide bonds. The normalized spacial score (nSPS) is 37.5. The van der Waals surface area contributed by atoms with Gasteiger partial charge in [0.1, 0.15) is 30.7 Å². The molecule has 5 aliphatic heterocycles. The zero-order valence-corrected chi connectivity index (χ0v) is 27.4. The number of alkyl halides is 2. The number of ether oxygens (including phenoxy) is 2. The number of nitrogens with zero attached hydrogens (tertiary/aromatic N) is 7. The molecule has 25 heteroatoms. The van der Waals surface area contributed by atoms with E-state index in [2.05, 4.69) is 36.1 Å². The van der Waals surface area contributed by atoms with Crippen LogP contribution in [0, 0.1) is 0 Å². The van der Waals surface area contributed by atoms with Crippen molar-refractivity contribution < 1.29 is 55.2 Å². The number of anilines is 2. The van der Waals surface area contributed by atoms with Crippen molar-refractivity contribution in [1.29, 1.82) is 0 Å². The van der Waals surface area contributed by atoms with Gasteiger partial charge < -0.3 is 27.6 Å². The van der Waals surface area contributed by atoms with E-state index >= 15 is 8.78 Å². The average molecular weight is 733 g/mol. The zero-order chi connectivity index (χ0) is 34.4. The third-order valence-electron chi connectivity index (χ3n) is 8.85. The van der Waals surface area contributed by atoms with Gasteiger partial charge in [-0.15, -0.1) is 0 Å². The molecule has 0 saturated carbocycles. The number of hydrogen-bond acceptors (Lipinski definition) is 17. The van der Waals surface area contributed by atoms with Crippen molar-refractivity contribution in [3.8, 4) is 0 Å². The highest BCUT2D eigenvalue weighted by atomic mass is 31.2. The number of hydrogen-bond donors (Lipinski definition) is 2. The summed E-state index contributed by atoms with van der Waals surface area (Å²) in [4.78, 5) is 23.4. The number of fused-ring (bicyclic) bond motifs is 2. The molecular weight excluding hydrogens is 708 g/mol. The van der Waals surface area contributed by atoms with Gasteiger partial charge in [0.15, 0.2) is 41.9 Å². The second-order valence-corrected chi connectivity index (χ2v) is 15.1. The number of pyridine rings is 1. The van der Waals surface area contributed by atoms with Crippen LogP contribution in [0.25, 0.3) is 22.1 Å². The Labute approximate surface area is 282 Å². The molecule has 10 atom stereocenters. The summed E-state index contributed by atoms with van der Waals surface area (Å²) in [6.45, 7) is -0.910. The molecule has 3 fully saturated rings. The van der Waals surface area contributed by atoms with Crippen LogP contribution in [-0.4, -0.2) is 113 Å². The van der Waals surface area contributed by atoms with Gasteiger partial charge in [-0.1, -0.05) is 0 Å². The van der Waals surface area contributed by atoms with Gasteiger partial charge in [0.2, 0.25) is 15.1 Å². The molecule has 4 aromatic rings. The van der Waals surface area contributed by atoms with Crippen molar-refractivity contribution in [3.05, 3.63) is 30.0 Å². The molecule has 0 aromatic carbocycles. The van der Waals surface area contributed by atoms with Crippen LogP contribution >= 0.6 is 14.9 Å². The van der Waals surface area contributed by atoms with E-state index in [1.165, 1.54) is 21.9 Å². The highest BCUT2D eigenvalue weighted by molar-refractivity contribution is 7.79. The lowest BCUT2D eigenvalue weighted by molar-refractivity contribution is -0.0585. The predicted octanol–water partition coefficient (Wildman–Crippen LogP) is 1.91. The summed E-state index contributed by atoms with van der Waals surface area (Å²) < 4.78 is 95.8. The number of rotatable bonds is 2. The van der Waals surface area contributed by atoms with Crippen molar-refractivity contribution in [2.75, 3.05) is 37.4 Å². The molecule has 3 saturated heterocycles. The molecule has 50 heavy (non-hydrogen) atoms. The summed E-state index contributed by atoms with van der Waals surface area (Å²) in [7, 11) is 2.63. The van der Waals surface area contributed by atoms with Crippen LogP contribution in [0.1, 0.15) is 23.8 Å². The van der Waals surface area contributed by atoms with Crippen LogP contribution in [0.5, 0.6) is 0 Å². The molecule has 2 N–H and O–H groups in total. The summed E-state index contributed by atoms with van der Waals surface area (Å²) in [6.07, 6.45) is -10.00. The van der Waals surface area contributed by atoms with Gasteiger partial charge in [-0.05, 0) is 6.07 Å². The lowest BCUT2D eigenvalue weighted by Crippen LogP contribution is -2.37. The minimum Gasteiger partial charge on any atom is -0.345 e. The van der Waals surface area contributed by atoms with Gasteiger partial charge in [-0.2, -0.15) is 10.2 Å². The van der Waals surface area contributed by atoms with Gasteiger partial charge in [0, 0.05) is 19.0 Å². The number of aromatic nitrogens is 7. The first kappa shape index (κ1) is 32.8. The van der Waals surface area contributed by atoms with E-state index in [-0.39, 0.29) is 24.5 Å². The van der Waals surface area contributed by atoms with E-state index in [9.17, 15) is 9.13 Å². The van der Waals surface area contributed by atoms with E-state index < -0.39 is 77.4 Å². The zero-order valence-electron chi connectivity index (χ0n) is 25.6. The minimum atomic E-state index is -4.62. The molecule has 19 nitrogen and oxygen atoms in total. The molecule has 4 radical (unpaired) electrons.